The summed E-state index contributed by atoms with van der Waals surface area (Å²) in [5, 5.41) is 3.17. The number of benzene rings is 1. The first-order valence-electron chi connectivity index (χ1n) is 6.28. The van der Waals surface area contributed by atoms with Crippen LogP contribution in [0.1, 0.15) is 25.5 Å². The molecule has 0 saturated carbocycles. The van der Waals surface area contributed by atoms with Gasteiger partial charge in [-0.05, 0) is 38.0 Å². The molecule has 5 heteroatoms. The van der Waals surface area contributed by atoms with Crippen molar-refractivity contribution in [1.82, 2.24) is 9.55 Å². The minimum atomic E-state index is -0.543. The van der Waals surface area contributed by atoms with E-state index in [-0.39, 0.29) is 0 Å². The van der Waals surface area contributed by atoms with E-state index >= 15 is 0 Å². The normalized spacial score (nSPS) is 11.0. The van der Waals surface area contributed by atoms with E-state index < -0.39 is 11.6 Å². The van der Waals surface area contributed by atoms with Crippen LogP contribution in [0, 0.1) is 11.6 Å². The Labute approximate surface area is 111 Å². The van der Waals surface area contributed by atoms with E-state index in [1.54, 1.807) is 6.20 Å². The Morgan fingerprint density at radius 2 is 1.89 bits per heavy atom. The highest BCUT2D eigenvalue weighted by atomic mass is 19.1. The van der Waals surface area contributed by atoms with Crippen LogP contribution in [0.2, 0.25) is 0 Å². The molecular weight excluding hydrogens is 248 g/mol. The van der Waals surface area contributed by atoms with Crippen LogP contribution in [-0.2, 0) is 6.42 Å². The van der Waals surface area contributed by atoms with Crippen molar-refractivity contribution in [3.05, 3.63) is 47.8 Å². The summed E-state index contributed by atoms with van der Waals surface area (Å²) in [6.07, 6.45) is 4.17. The van der Waals surface area contributed by atoms with Gasteiger partial charge in [-0.15, -0.1) is 0 Å². The fourth-order valence-electron chi connectivity index (χ4n) is 1.94. The number of halogens is 2. The molecule has 3 nitrogen and oxygen atoms in total. The second kappa shape index (κ2) is 5.82. The van der Waals surface area contributed by atoms with Gasteiger partial charge in [-0.2, -0.15) is 0 Å². The van der Waals surface area contributed by atoms with Crippen LogP contribution in [0.5, 0.6) is 0 Å². The van der Waals surface area contributed by atoms with Gasteiger partial charge in [-0.3, -0.25) is 0 Å². The highest BCUT2D eigenvalue weighted by molar-refractivity contribution is 5.27. The fourth-order valence-corrected chi connectivity index (χ4v) is 1.94. The van der Waals surface area contributed by atoms with Gasteiger partial charge in [0.25, 0.3) is 0 Å². The highest BCUT2D eigenvalue weighted by Crippen LogP contribution is 2.13. The molecule has 0 saturated heterocycles. The van der Waals surface area contributed by atoms with Crippen LogP contribution in [0.25, 0.3) is 0 Å². The summed E-state index contributed by atoms with van der Waals surface area (Å²) in [5.41, 5.74) is 0.632. The molecule has 2 aromatic rings. The Morgan fingerprint density at radius 1 is 1.21 bits per heavy atom. The Hall–Kier alpha value is -1.91. The predicted molar refractivity (Wildman–Crippen MR) is 71.2 cm³/mol. The Balaban J connectivity index is 1.94. The standard InChI is InChI=1S/C14H17F2N3/c1-10(2)19-6-5-18-14(19)17-4-3-11-7-12(15)9-13(16)8-11/h5-10H,3-4H2,1-2H3,(H,17,18). The third-order valence-corrected chi connectivity index (χ3v) is 2.84. The van der Waals surface area contributed by atoms with Gasteiger partial charge >= 0.3 is 0 Å². The second-order valence-corrected chi connectivity index (χ2v) is 4.71. The van der Waals surface area contributed by atoms with Crippen LogP contribution in [0.3, 0.4) is 0 Å². The second-order valence-electron chi connectivity index (χ2n) is 4.71. The van der Waals surface area contributed by atoms with E-state index in [4.69, 9.17) is 0 Å². The molecule has 0 aliphatic rings. The maximum atomic E-state index is 13.0. The first kappa shape index (κ1) is 13.5. The van der Waals surface area contributed by atoms with Crippen molar-refractivity contribution in [2.24, 2.45) is 0 Å². The summed E-state index contributed by atoms with van der Waals surface area (Å²) in [6, 6.07) is 3.89. The molecule has 0 aliphatic heterocycles. The highest BCUT2D eigenvalue weighted by Gasteiger charge is 2.05. The molecule has 0 bridgehead atoms. The number of hydrogen-bond donors (Lipinski definition) is 1. The van der Waals surface area contributed by atoms with Gasteiger partial charge in [0.1, 0.15) is 11.6 Å². The topological polar surface area (TPSA) is 29.9 Å². The molecule has 1 aromatic heterocycles. The van der Waals surface area contributed by atoms with E-state index in [0.29, 0.717) is 24.6 Å². The summed E-state index contributed by atoms with van der Waals surface area (Å²) in [7, 11) is 0. The first-order valence-corrected chi connectivity index (χ1v) is 6.28. The molecule has 0 atom stereocenters. The van der Waals surface area contributed by atoms with Crippen LogP contribution in [0.4, 0.5) is 14.7 Å². The summed E-state index contributed by atoms with van der Waals surface area (Å²) >= 11 is 0. The third kappa shape index (κ3) is 3.53. The van der Waals surface area contributed by atoms with Gasteiger partial charge in [0.05, 0.1) is 0 Å². The lowest BCUT2D eigenvalue weighted by Gasteiger charge is -2.12. The van der Waals surface area contributed by atoms with E-state index in [2.05, 4.69) is 24.1 Å². The molecule has 0 radical (unpaired) electrons. The van der Waals surface area contributed by atoms with Crippen molar-refractivity contribution in [2.75, 3.05) is 11.9 Å². The molecule has 1 N–H and O–H groups in total. The number of hydrogen-bond acceptors (Lipinski definition) is 2. The quantitative estimate of drug-likeness (QED) is 0.898. The minimum Gasteiger partial charge on any atom is -0.355 e. The van der Waals surface area contributed by atoms with E-state index in [0.717, 1.165) is 12.0 Å². The number of imidazole rings is 1. The molecule has 1 heterocycles. The van der Waals surface area contributed by atoms with Gasteiger partial charge in [-0.1, -0.05) is 0 Å². The van der Waals surface area contributed by atoms with Crippen LogP contribution < -0.4 is 5.32 Å². The van der Waals surface area contributed by atoms with Crippen molar-refractivity contribution < 1.29 is 8.78 Å². The number of nitrogens with zero attached hydrogens (tertiary/aromatic N) is 2. The van der Waals surface area contributed by atoms with Gasteiger partial charge in [0.15, 0.2) is 0 Å². The third-order valence-electron chi connectivity index (χ3n) is 2.84. The van der Waals surface area contributed by atoms with E-state index in [1.165, 1.54) is 12.1 Å². The van der Waals surface area contributed by atoms with Crippen LogP contribution >= 0.6 is 0 Å². The van der Waals surface area contributed by atoms with E-state index in [9.17, 15) is 8.78 Å². The molecule has 102 valence electrons. The van der Waals surface area contributed by atoms with E-state index in [1.807, 2.05) is 10.8 Å². The van der Waals surface area contributed by atoms with Crippen molar-refractivity contribution in [1.29, 1.82) is 0 Å². The number of rotatable bonds is 5. The van der Waals surface area contributed by atoms with Crippen LogP contribution in [0.15, 0.2) is 30.6 Å². The lowest BCUT2D eigenvalue weighted by Crippen LogP contribution is -2.11. The van der Waals surface area contributed by atoms with Gasteiger partial charge < -0.3 is 9.88 Å². The van der Waals surface area contributed by atoms with Crippen molar-refractivity contribution >= 4 is 5.95 Å². The van der Waals surface area contributed by atoms with Gasteiger partial charge in [0.2, 0.25) is 5.95 Å². The molecule has 0 unspecified atom stereocenters. The summed E-state index contributed by atoms with van der Waals surface area (Å²) < 4.78 is 28.0. The molecule has 2 rings (SSSR count). The van der Waals surface area contributed by atoms with Crippen molar-refractivity contribution in [3.63, 3.8) is 0 Å². The molecule has 1 aromatic carbocycles. The maximum Gasteiger partial charge on any atom is 0.203 e. The average molecular weight is 265 g/mol. The van der Waals surface area contributed by atoms with Gasteiger partial charge in [-0.25, -0.2) is 13.8 Å². The zero-order valence-electron chi connectivity index (χ0n) is 11.0. The summed E-state index contributed by atoms with van der Waals surface area (Å²) in [4.78, 5) is 4.21. The predicted octanol–water partition coefficient (Wildman–Crippen LogP) is 3.40. The fraction of sp³-hybridized carbons (Fsp3) is 0.357. The smallest absolute Gasteiger partial charge is 0.203 e. The molecule has 0 spiro atoms. The number of aromatic nitrogens is 2. The first-order chi connectivity index (χ1) is 9.06. The Bertz CT molecular complexity index is 529. The lowest BCUT2D eigenvalue weighted by molar-refractivity contribution is 0.579. The monoisotopic (exact) mass is 265 g/mol. The molecular formula is C14H17F2N3. The summed E-state index contributed by atoms with van der Waals surface area (Å²) in [6.45, 7) is 4.70. The lowest BCUT2D eigenvalue weighted by atomic mass is 10.1. The zero-order chi connectivity index (χ0) is 13.8. The maximum absolute atomic E-state index is 13.0. The average Bonchev–Trinajstić information content (AvgIpc) is 2.76. The molecule has 0 amide bonds. The molecule has 19 heavy (non-hydrogen) atoms. The Kier molecular flexibility index (Phi) is 4.14. The number of nitrogens with one attached hydrogen (secondary N) is 1. The summed E-state index contributed by atoms with van der Waals surface area (Å²) in [5.74, 6) is -0.316. The SMILES string of the molecule is CC(C)n1ccnc1NCCc1cc(F)cc(F)c1. The molecule has 0 aliphatic carbocycles. The Morgan fingerprint density at radius 3 is 2.53 bits per heavy atom. The van der Waals surface area contributed by atoms with Crippen molar-refractivity contribution in [3.8, 4) is 0 Å². The van der Waals surface area contributed by atoms with Crippen LogP contribution in [-0.4, -0.2) is 16.1 Å². The van der Waals surface area contributed by atoms with Gasteiger partial charge in [0, 0.05) is 31.0 Å². The minimum absolute atomic E-state index is 0.316. The molecule has 0 fully saturated rings. The largest absolute Gasteiger partial charge is 0.355 e. The zero-order valence-corrected chi connectivity index (χ0v) is 11.0. The van der Waals surface area contributed by atoms with Crippen molar-refractivity contribution in [2.45, 2.75) is 26.3 Å². The number of anilines is 1.